The molecule has 6 heteroatoms. The predicted octanol–water partition coefficient (Wildman–Crippen LogP) is 3.03. The summed E-state index contributed by atoms with van der Waals surface area (Å²) in [7, 11) is 1.80. The summed E-state index contributed by atoms with van der Waals surface area (Å²) in [6, 6.07) is 8.58. The van der Waals surface area contributed by atoms with Crippen LogP contribution in [0.25, 0.3) is 0 Å². The Balaban J connectivity index is 1.64. The Morgan fingerprint density at radius 1 is 1.24 bits per heavy atom. The van der Waals surface area contributed by atoms with Crippen molar-refractivity contribution in [2.45, 2.75) is 58.9 Å². The third kappa shape index (κ3) is 7.35. The van der Waals surface area contributed by atoms with Gasteiger partial charge in [-0.25, -0.2) is 0 Å². The van der Waals surface area contributed by atoms with Crippen LogP contribution >= 0.6 is 0 Å². The summed E-state index contributed by atoms with van der Waals surface area (Å²) in [4.78, 5) is 21.3. The Morgan fingerprint density at radius 3 is 2.72 bits per heavy atom. The molecule has 6 nitrogen and oxygen atoms in total. The third-order valence-electron chi connectivity index (χ3n) is 5.66. The summed E-state index contributed by atoms with van der Waals surface area (Å²) >= 11 is 0. The van der Waals surface area contributed by atoms with Crippen LogP contribution in [0.2, 0.25) is 0 Å². The third-order valence-corrected chi connectivity index (χ3v) is 5.66. The van der Waals surface area contributed by atoms with Crippen molar-refractivity contribution in [1.29, 1.82) is 0 Å². The van der Waals surface area contributed by atoms with E-state index in [1.807, 2.05) is 23.1 Å². The first-order valence-corrected chi connectivity index (χ1v) is 11.2. The Hall–Kier alpha value is -2.08. The van der Waals surface area contributed by atoms with Crippen LogP contribution in [0, 0.1) is 0 Å². The van der Waals surface area contributed by atoms with Gasteiger partial charge in [-0.3, -0.25) is 9.79 Å². The SMILES string of the molecule is CCN(CC)CCCC(C)NC(=NC)NCCCC(=O)N1CCc2ccccc21. The Bertz CT molecular complexity index is 656. The molecular formula is C23H39N5O. The van der Waals surface area contributed by atoms with Crippen molar-refractivity contribution in [2.24, 2.45) is 4.99 Å². The lowest BCUT2D eigenvalue weighted by atomic mass is 10.2. The highest BCUT2D eigenvalue weighted by atomic mass is 16.2. The quantitative estimate of drug-likeness (QED) is 0.340. The van der Waals surface area contributed by atoms with Gasteiger partial charge in [-0.15, -0.1) is 0 Å². The van der Waals surface area contributed by atoms with Gasteiger partial charge >= 0.3 is 0 Å². The summed E-state index contributed by atoms with van der Waals surface area (Å²) in [5.41, 5.74) is 2.36. The summed E-state index contributed by atoms with van der Waals surface area (Å²) < 4.78 is 0. The van der Waals surface area contributed by atoms with Crippen LogP contribution in [0.1, 0.15) is 52.0 Å². The van der Waals surface area contributed by atoms with Gasteiger partial charge in [-0.2, -0.15) is 0 Å². The average Bonchev–Trinajstić information content (AvgIpc) is 3.17. The van der Waals surface area contributed by atoms with Crippen LogP contribution in [0.15, 0.2) is 29.3 Å². The van der Waals surface area contributed by atoms with Crippen molar-refractivity contribution in [3.63, 3.8) is 0 Å². The van der Waals surface area contributed by atoms with Crippen molar-refractivity contribution < 1.29 is 4.79 Å². The van der Waals surface area contributed by atoms with E-state index in [1.54, 1.807) is 7.05 Å². The van der Waals surface area contributed by atoms with Gasteiger partial charge in [0.1, 0.15) is 0 Å². The lowest BCUT2D eigenvalue weighted by molar-refractivity contribution is -0.118. The number of para-hydroxylation sites is 1. The van der Waals surface area contributed by atoms with Crippen molar-refractivity contribution in [1.82, 2.24) is 15.5 Å². The van der Waals surface area contributed by atoms with E-state index in [2.05, 4.69) is 47.4 Å². The second-order valence-corrected chi connectivity index (χ2v) is 7.74. The number of amides is 1. The molecule has 1 atom stereocenters. The fraction of sp³-hybridized carbons (Fsp3) is 0.652. The standard InChI is InChI=1S/C23H39N5O/c1-5-27(6-2)17-10-11-19(3)26-23(24-4)25-16-9-14-22(29)28-18-15-20-12-7-8-13-21(20)28/h7-8,12-13,19H,5-6,9-11,14-18H2,1-4H3,(H2,24,25,26). The molecule has 0 fully saturated rings. The molecule has 0 aliphatic carbocycles. The molecule has 0 spiro atoms. The highest BCUT2D eigenvalue weighted by Crippen LogP contribution is 2.27. The molecule has 1 heterocycles. The monoisotopic (exact) mass is 401 g/mol. The average molecular weight is 402 g/mol. The number of hydrogen-bond donors (Lipinski definition) is 2. The summed E-state index contributed by atoms with van der Waals surface area (Å²) in [5.74, 6) is 1.03. The van der Waals surface area contributed by atoms with Crippen molar-refractivity contribution in [2.75, 3.05) is 44.7 Å². The highest BCUT2D eigenvalue weighted by molar-refractivity contribution is 5.95. The molecule has 1 unspecified atom stereocenters. The predicted molar refractivity (Wildman–Crippen MR) is 123 cm³/mol. The van der Waals surface area contributed by atoms with Crippen LogP contribution in [0.4, 0.5) is 5.69 Å². The summed E-state index contributed by atoms with van der Waals surface area (Å²) in [6.45, 7) is 11.5. The van der Waals surface area contributed by atoms with Gasteiger partial charge in [0, 0.05) is 38.3 Å². The molecule has 0 radical (unpaired) electrons. The number of hydrogen-bond acceptors (Lipinski definition) is 3. The number of fused-ring (bicyclic) bond motifs is 1. The van der Waals surface area contributed by atoms with Crippen LogP contribution < -0.4 is 15.5 Å². The molecular weight excluding hydrogens is 362 g/mol. The van der Waals surface area contributed by atoms with Gasteiger partial charge in [0.15, 0.2) is 5.96 Å². The fourth-order valence-corrected chi connectivity index (χ4v) is 3.84. The van der Waals surface area contributed by atoms with E-state index in [9.17, 15) is 4.79 Å². The lowest BCUT2D eigenvalue weighted by Crippen LogP contribution is -2.43. The molecule has 1 amide bonds. The smallest absolute Gasteiger partial charge is 0.227 e. The van der Waals surface area contributed by atoms with Gasteiger partial charge in [-0.1, -0.05) is 32.0 Å². The molecule has 1 aliphatic heterocycles. The second-order valence-electron chi connectivity index (χ2n) is 7.74. The van der Waals surface area contributed by atoms with Crippen LogP contribution in [-0.2, 0) is 11.2 Å². The van der Waals surface area contributed by atoms with E-state index < -0.39 is 0 Å². The topological polar surface area (TPSA) is 60.0 Å². The minimum atomic E-state index is 0.212. The largest absolute Gasteiger partial charge is 0.356 e. The molecule has 0 saturated carbocycles. The van der Waals surface area contributed by atoms with E-state index in [0.717, 1.165) is 63.6 Å². The van der Waals surface area contributed by atoms with E-state index in [4.69, 9.17) is 0 Å². The van der Waals surface area contributed by atoms with Crippen molar-refractivity contribution in [3.8, 4) is 0 Å². The summed E-state index contributed by atoms with van der Waals surface area (Å²) in [5, 5.41) is 6.80. The molecule has 162 valence electrons. The van der Waals surface area contributed by atoms with E-state index in [-0.39, 0.29) is 5.91 Å². The van der Waals surface area contributed by atoms with Crippen molar-refractivity contribution >= 4 is 17.6 Å². The Kier molecular flexibility index (Phi) is 9.98. The molecule has 29 heavy (non-hydrogen) atoms. The minimum Gasteiger partial charge on any atom is -0.356 e. The van der Waals surface area contributed by atoms with Gasteiger partial charge in [-0.05, 0) is 63.9 Å². The number of carbonyl (C=O) groups is 1. The Morgan fingerprint density at radius 2 is 2.00 bits per heavy atom. The normalized spacial score (nSPS) is 14.8. The Labute approximate surface area is 176 Å². The molecule has 0 aromatic heterocycles. The zero-order valence-electron chi connectivity index (χ0n) is 18.7. The number of nitrogens with one attached hydrogen (secondary N) is 2. The first-order valence-electron chi connectivity index (χ1n) is 11.2. The number of benzene rings is 1. The molecule has 2 rings (SSSR count). The number of aliphatic imine (C=N–C) groups is 1. The van der Waals surface area contributed by atoms with Gasteiger partial charge in [0.25, 0.3) is 0 Å². The first kappa shape index (κ1) is 23.2. The molecule has 0 bridgehead atoms. The zero-order valence-corrected chi connectivity index (χ0v) is 18.7. The molecule has 2 N–H and O–H groups in total. The fourth-order valence-electron chi connectivity index (χ4n) is 3.84. The maximum atomic E-state index is 12.6. The maximum Gasteiger partial charge on any atom is 0.227 e. The van der Waals surface area contributed by atoms with Gasteiger partial charge in [0.05, 0.1) is 0 Å². The molecule has 1 aliphatic rings. The highest BCUT2D eigenvalue weighted by Gasteiger charge is 2.23. The van der Waals surface area contributed by atoms with Gasteiger partial charge < -0.3 is 20.4 Å². The van der Waals surface area contributed by atoms with Gasteiger partial charge in [0.2, 0.25) is 5.91 Å². The molecule has 1 aromatic rings. The number of guanidine groups is 1. The number of carbonyl (C=O) groups excluding carboxylic acids is 1. The van der Waals surface area contributed by atoms with E-state index in [0.29, 0.717) is 12.5 Å². The van der Waals surface area contributed by atoms with Crippen LogP contribution in [0.5, 0.6) is 0 Å². The van der Waals surface area contributed by atoms with E-state index >= 15 is 0 Å². The number of rotatable bonds is 11. The second kappa shape index (κ2) is 12.5. The van der Waals surface area contributed by atoms with Crippen molar-refractivity contribution in [3.05, 3.63) is 29.8 Å². The molecule has 1 aromatic carbocycles. The van der Waals surface area contributed by atoms with Crippen LogP contribution in [-0.4, -0.2) is 62.6 Å². The summed E-state index contributed by atoms with van der Waals surface area (Å²) in [6.07, 6.45) is 4.61. The lowest BCUT2D eigenvalue weighted by Gasteiger charge is -2.21. The molecule has 0 saturated heterocycles. The number of nitrogens with zero attached hydrogens (tertiary/aromatic N) is 3. The maximum absolute atomic E-state index is 12.6. The minimum absolute atomic E-state index is 0.212. The first-order chi connectivity index (χ1) is 14.1. The van der Waals surface area contributed by atoms with Crippen LogP contribution in [0.3, 0.4) is 0 Å². The van der Waals surface area contributed by atoms with E-state index in [1.165, 1.54) is 12.0 Å². The number of anilines is 1. The zero-order chi connectivity index (χ0) is 21.1.